The highest BCUT2D eigenvalue weighted by molar-refractivity contribution is 8.76. The lowest BCUT2D eigenvalue weighted by Gasteiger charge is -2.23. The van der Waals surface area contributed by atoms with Crippen molar-refractivity contribution in [3.8, 4) is 0 Å². The minimum atomic E-state index is 0.922. The van der Waals surface area contributed by atoms with Gasteiger partial charge in [-0.15, -0.1) is 11.7 Å². The molecule has 0 amide bonds. The molecule has 0 aliphatic rings. The average Bonchev–Trinajstić information content (AvgIpc) is 2.17. The van der Waals surface area contributed by atoms with Gasteiger partial charge < -0.3 is 4.90 Å². The fourth-order valence-corrected chi connectivity index (χ4v) is 1.88. The summed E-state index contributed by atoms with van der Waals surface area (Å²) in [6, 6.07) is 0. The van der Waals surface area contributed by atoms with Crippen molar-refractivity contribution in [1.29, 1.82) is 0 Å². The number of hydrogen-bond donors (Lipinski definition) is 1. The van der Waals surface area contributed by atoms with E-state index in [0.29, 0.717) is 0 Å². The second kappa shape index (κ2) is 9.16. The van der Waals surface area contributed by atoms with Gasteiger partial charge in [0.1, 0.15) is 4.32 Å². The standard InChI is InChI=1S/C9H19NS3/c1-3-5-7-10(8-6-4-2)9(11)13-12/h12H,3-8H2,1-2H3. The van der Waals surface area contributed by atoms with Crippen molar-refractivity contribution in [2.24, 2.45) is 0 Å². The monoisotopic (exact) mass is 237 g/mol. The quantitative estimate of drug-likeness (QED) is 0.426. The van der Waals surface area contributed by atoms with Crippen LogP contribution in [0.25, 0.3) is 0 Å². The minimum Gasteiger partial charge on any atom is -0.357 e. The van der Waals surface area contributed by atoms with Gasteiger partial charge in [0, 0.05) is 13.1 Å². The Morgan fingerprint density at radius 1 is 1.23 bits per heavy atom. The van der Waals surface area contributed by atoms with Crippen LogP contribution in [0.5, 0.6) is 0 Å². The van der Waals surface area contributed by atoms with Crippen LogP contribution in [0.4, 0.5) is 0 Å². The van der Waals surface area contributed by atoms with E-state index in [0.717, 1.165) is 17.4 Å². The number of hydrogen-bond acceptors (Lipinski definition) is 3. The smallest absolute Gasteiger partial charge is 0.146 e. The van der Waals surface area contributed by atoms with Crippen LogP contribution in [0.3, 0.4) is 0 Å². The number of rotatable bonds is 6. The molecule has 0 atom stereocenters. The van der Waals surface area contributed by atoms with Crippen molar-refractivity contribution in [2.45, 2.75) is 39.5 Å². The SMILES string of the molecule is CCCCN(CCCC)C(=S)SS. The molecule has 0 spiro atoms. The van der Waals surface area contributed by atoms with Gasteiger partial charge in [-0.05, 0) is 23.6 Å². The first-order valence-corrected chi connectivity index (χ1v) is 7.14. The molecule has 0 rings (SSSR count). The van der Waals surface area contributed by atoms with Crippen LogP contribution in [-0.4, -0.2) is 22.3 Å². The van der Waals surface area contributed by atoms with Crippen molar-refractivity contribution in [3.63, 3.8) is 0 Å². The van der Waals surface area contributed by atoms with E-state index in [1.54, 1.807) is 0 Å². The van der Waals surface area contributed by atoms with E-state index in [9.17, 15) is 0 Å². The van der Waals surface area contributed by atoms with Gasteiger partial charge in [-0.2, -0.15) is 0 Å². The van der Waals surface area contributed by atoms with Gasteiger partial charge in [0.15, 0.2) is 0 Å². The van der Waals surface area contributed by atoms with Gasteiger partial charge in [0.25, 0.3) is 0 Å². The molecule has 0 fully saturated rings. The van der Waals surface area contributed by atoms with Crippen molar-refractivity contribution < 1.29 is 0 Å². The van der Waals surface area contributed by atoms with Gasteiger partial charge in [-0.3, -0.25) is 0 Å². The van der Waals surface area contributed by atoms with Gasteiger partial charge in [-0.25, -0.2) is 0 Å². The Kier molecular flexibility index (Phi) is 9.57. The van der Waals surface area contributed by atoms with E-state index in [1.165, 1.54) is 36.5 Å². The lowest BCUT2D eigenvalue weighted by Crippen LogP contribution is -2.28. The zero-order chi connectivity index (χ0) is 10.1. The second-order valence-corrected chi connectivity index (χ2v) is 4.81. The molecule has 0 aromatic rings. The Morgan fingerprint density at radius 3 is 2.00 bits per heavy atom. The first-order chi connectivity index (χ1) is 6.26. The normalized spacial score (nSPS) is 10.1. The fraction of sp³-hybridized carbons (Fsp3) is 0.889. The summed E-state index contributed by atoms with van der Waals surface area (Å²) in [4.78, 5) is 2.26. The molecule has 0 heterocycles. The summed E-state index contributed by atoms with van der Waals surface area (Å²) in [6.45, 7) is 6.58. The summed E-state index contributed by atoms with van der Waals surface area (Å²) >= 11 is 9.35. The first-order valence-electron chi connectivity index (χ1n) is 4.86. The highest BCUT2D eigenvalue weighted by Gasteiger charge is 2.06. The number of thiocarbonyl (C=S) groups is 1. The van der Waals surface area contributed by atoms with Gasteiger partial charge in [0.05, 0.1) is 0 Å². The Bertz CT molecular complexity index is 131. The molecule has 13 heavy (non-hydrogen) atoms. The summed E-state index contributed by atoms with van der Waals surface area (Å²) in [5.74, 6) is 0. The summed E-state index contributed by atoms with van der Waals surface area (Å²) in [5.41, 5.74) is 0. The summed E-state index contributed by atoms with van der Waals surface area (Å²) < 4.78 is 0.922. The van der Waals surface area contributed by atoms with Crippen LogP contribution in [0, 0.1) is 0 Å². The van der Waals surface area contributed by atoms with Gasteiger partial charge in [-0.1, -0.05) is 38.9 Å². The van der Waals surface area contributed by atoms with Gasteiger partial charge >= 0.3 is 0 Å². The largest absolute Gasteiger partial charge is 0.357 e. The molecule has 78 valence electrons. The van der Waals surface area contributed by atoms with E-state index >= 15 is 0 Å². The van der Waals surface area contributed by atoms with E-state index in [2.05, 4.69) is 30.4 Å². The lowest BCUT2D eigenvalue weighted by atomic mass is 10.3. The predicted octanol–water partition coefficient (Wildman–Crippen LogP) is 3.75. The molecule has 0 radical (unpaired) electrons. The molecular formula is C9H19NS3. The molecule has 4 heteroatoms. The minimum absolute atomic E-state index is 0.922. The number of thiol groups is 1. The Morgan fingerprint density at radius 2 is 1.69 bits per heavy atom. The topological polar surface area (TPSA) is 3.24 Å². The third-order valence-electron chi connectivity index (χ3n) is 1.90. The van der Waals surface area contributed by atoms with Crippen molar-refractivity contribution in [2.75, 3.05) is 13.1 Å². The van der Waals surface area contributed by atoms with Crippen LogP contribution in [0.2, 0.25) is 0 Å². The molecule has 0 unspecified atom stereocenters. The molecule has 0 aromatic heterocycles. The first kappa shape index (κ1) is 13.6. The predicted molar refractivity (Wildman–Crippen MR) is 70.6 cm³/mol. The van der Waals surface area contributed by atoms with Crippen LogP contribution in [0.15, 0.2) is 0 Å². The van der Waals surface area contributed by atoms with Crippen LogP contribution in [0.1, 0.15) is 39.5 Å². The summed E-state index contributed by atoms with van der Waals surface area (Å²) in [6.07, 6.45) is 4.89. The molecule has 0 aromatic carbocycles. The summed E-state index contributed by atoms with van der Waals surface area (Å²) in [5, 5.41) is 0. The molecule has 0 bridgehead atoms. The number of unbranched alkanes of at least 4 members (excludes halogenated alkanes) is 2. The second-order valence-electron chi connectivity index (χ2n) is 3.05. The maximum atomic E-state index is 5.22. The van der Waals surface area contributed by atoms with Crippen LogP contribution in [-0.2, 0) is 0 Å². The molecular weight excluding hydrogens is 218 g/mol. The average molecular weight is 237 g/mol. The highest BCUT2D eigenvalue weighted by atomic mass is 33.1. The summed E-state index contributed by atoms with van der Waals surface area (Å²) in [7, 11) is 1.39. The van der Waals surface area contributed by atoms with E-state index in [-0.39, 0.29) is 0 Å². The third kappa shape index (κ3) is 6.63. The zero-order valence-electron chi connectivity index (χ0n) is 8.45. The molecule has 0 N–H and O–H groups in total. The molecule has 0 aliphatic carbocycles. The Hall–Kier alpha value is 0.590. The number of nitrogens with zero attached hydrogens (tertiary/aromatic N) is 1. The van der Waals surface area contributed by atoms with Crippen molar-refractivity contribution >= 4 is 39.0 Å². The fourth-order valence-electron chi connectivity index (χ4n) is 1.05. The van der Waals surface area contributed by atoms with Gasteiger partial charge in [0.2, 0.25) is 0 Å². The maximum absolute atomic E-state index is 5.22. The van der Waals surface area contributed by atoms with Crippen molar-refractivity contribution in [1.82, 2.24) is 4.90 Å². The van der Waals surface area contributed by atoms with Crippen molar-refractivity contribution in [3.05, 3.63) is 0 Å². The zero-order valence-corrected chi connectivity index (χ0v) is 11.0. The molecule has 1 nitrogen and oxygen atoms in total. The molecule has 0 saturated heterocycles. The van der Waals surface area contributed by atoms with Crippen LogP contribution >= 0.6 is 34.7 Å². The van der Waals surface area contributed by atoms with E-state index in [1.807, 2.05) is 0 Å². The molecule has 0 saturated carbocycles. The lowest BCUT2D eigenvalue weighted by molar-refractivity contribution is 0.411. The molecule has 0 aliphatic heterocycles. The highest BCUT2D eigenvalue weighted by Crippen LogP contribution is 2.14. The Balaban J connectivity index is 3.79. The third-order valence-corrected chi connectivity index (χ3v) is 3.71. The Labute approximate surface area is 96.5 Å². The van der Waals surface area contributed by atoms with E-state index < -0.39 is 0 Å². The van der Waals surface area contributed by atoms with Crippen LogP contribution < -0.4 is 0 Å². The van der Waals surface area contributed by atoms with E-state index in [4.69, 9.17) is 12.2 Å². The maximum Gasteiger partial charge on any atom is 0.146 e.